The van der Waals surface area contributed by atoms with Gasteiger partial charge in [0.25, 0.3) is 0 Å². The smallest absolute Gasteiger partial charge is 0.228 e. The lowest BCUT2D eigenvalue weighted by Gasteiger charge is -2.25. The Morgan fingerprint density at radius 1 is 1.29 bits per heavy atom. The second-order valence-corrected chi connectivity index (χ2v) is 6.09. The van der Waals surface area contributed by atoms with Crippen molar-refractivity contribution in [3.05, 3.63) is 65.5 Å². The van der Waals surface area contributed by atoms with E-state index in [1.807, 2.05) is 37.3 Å². The van der Waals surface area contributed by atoms with Crippen LogP contribution in [0.2, 0.25) is 0 Å². The van der Waals surface area contributed by atoms with Crippen molar-refractivity contribution in [1.29, 1.82) is 0 Å². The molecule has 0 bridgehead atoms. The monoisotopic (exact) mass is 326 g/mol. The van der Waals surface area contributed by atoms with Gasteiger partial charge in [0.05, 0.1) is 5.92 Å². The molecule has 5 heteroatoms. The third kappa shape index (κ3) is 3.45. The van der Waals surface area contributed by atoms with Gasteiger partial charge < -0.3 is 10.6 Å². The molecule has 2 atom stereocenters. The molecule has 0 saturated carbocycles. The standard InChI is InChI=1S/C19H19FN2O2/c1-12(13-5-3-2-4-6-13)11-21-19(24)16-10-18(23)22-17-9-14(20)7-8-15(16)17/h2-9,12,16H,10-11H2,1H3,(H,21,24)(H,22,23)/t12-,16+/m1/s1. The summed E-state index contributed by atoms with van der Waals surface area (Å²) in [6, 6.07) is 14.0. The third-order valence-corrected chi connectivity index (χ3v) is 4.32. The Morgan fingerprint density at radius 3 is 2.79 bits per heavy atom. The van der Waals surface area contributed by atoms with Crippen LogP contribution in [0.25, 0.3) is 0 Å². The highest BCUT2D eigenvalue weighted by atomic mass is 19.1. The number of anilines is 1. The van der Waals surface area contributed by atoms with Crippen LogP contribution < -0.4 is 10.6 Å². The van der Waals surface area contributed by atoms with E-state index in [2.05, 4.69) is 10.6 Å². The first-order valence-electron chi connectivity index (χ1n) is 7.96. The Bertz CT molecular complexity index is 761. The fourth-order valence-electron chi connectivity index (χ4n) is 2.95. The summed E-state index contributed by atoms with van der Waals surface area (Å²) in [6.45, 7) is 2.52. The van der Waals surface area contributed by atoms with Gasteiger partial charge in [-0.25, -0.2) is 4.39 Å². The van der Waals surface area contributed by atoms with Gasteiger partial charge in [-0.05, 0) is 29.2 Å². The van der Waals surface area contributed by atoms with E-state index in [1.54, 1.807) is 6.07 Å². The SMILES string of the molecule is C[C@H](CNC(=O)[C@H]1CC(=O)Nc2cc(F)ccc21)c1ccccc1. The molecule has 2 aromatic rings. The normalized spacial score (nSPS) is 17.6. The number of carbonyl (C=O) groups excluding carboxylic acids is 2. The summed E-state index contributed by atoms with van der Waals surface area (Å²) in [5.41, 5.74) is 2.17. The van der Waals surface area contributed by atoms with Crippen LogP contribution in [0.15, 0.2) is 48.5 Å². The molecule has 0 spiro atoms. The number of rotatable bonds is 4. The number of benzene rings is 2. The second-order valence-electron chi connectivity index (χ2n) is 6.09. The number of carbonyl (C=O) groups is 2. The largest absolute Gasteiger partial charge is 0.355 e. The molecule has 0 radical (unpaired) electrons. The maximum atomic E-state index is 13.3. The van der Waals surface area contributed by atoms with E-state index < -0.39 is 11.7 Å². The molecule has 0 fully saturated rings. The molecule has 4 nitrogen and oxygen atoms in total. The quantitative estimate of drug-likeness (QED) is 0.907. The van der Waals surface area contributed by atoms with Crippen LogP contribution in [-0.4, -0.2) is 18.4 Å². The molecule has 3 rings (SSSR count). The zero-order valence-corrected chi connectivity index (χ0v) is 13.4. The van der Waals surface area contributed by atoms with Crippen LogP contribution in [0.3, 0.4) is 0 Å². The summed E-state index contributed by atoms with van der Waals surface area (Å²) in [5, 5.41) is 5.53. The minimum atomic E-state index is -0.586. The van der Waals surface area contributed by atoms with E-state index in [0.717, 1.165) is 5.56 Å². The van der Waals surface area contributed by atoms with Crippen LogP contribution in [0.1, 0.15) is 36.3 Å². The molecular formula is C19H19FN2O2. The minimum Gasteiger partial charge on any atom is -0.355 e. The van der Waals surface area contributed by atoms with E-state index in [-0.39, 0.29) is 24.2 Å². The van der Waals surface area contributed by atoms with Gasteiger partial charge in [0.1, 0.15) is 5.82 Å². The van der Waals surface area contributed by atoms with Gasteiger partial charge >= 0.3 is 0 Å². The zero-order valence-electron chi connectivity index (χ0n) is 13.4. The maximum Gasteiger partial charge on any atom is 0.228 e. The van der Waals surface area contributed by atoms with Crippen LogP contribution in [-0.2, 0) is 9.59 Å². The van der Waals surface area contributed by atoms with Gasteiger partial charge in [0.2, 0.25) is 11.8 Å². The van der Waals surface area contributed by atoms with Crippen LogP contribution in [0.5, 0.6) is 0 Å². The first kappa shape index (κ1) is 16.2. The van der Waals surface area contributed by atoms with Gasteiger partial charge in [-0.3, -0.25) is 9.59 Å². The summed E-state index contributed by atoms with van der Waals surface area (Å²) in [7, 11) is 0. The molecule has 0 unspecified atom stereocenters. The van der Waals surface area contributed by atoms with Crippen LogP contribution in [0, 0.1) is 5.82 Å². The molecule has 124 valence electrons. The number of nitrogens with one attached hydrogen (secondary N) is 2. The van der Waals surface area contributed by atoms with Gasteiger partial charge in [0, 0.05) is 18.7 Å². The Balaban J connectivity index is 1.70. The summed E-state index contributed by atoms with van der Waals surface area (Å²) in [4.78, 5) is 24.3. The lowest BCUT2D eigenvalue weighted by atomic mass is 9.89. The topological polar surface area (TPSA) is 58.2 Å². The molecule has 24 heavy (non-hydrogen) atoms. The van der Waals surface area contributed by atoms with Crippen LogP contribution >= 0.6 is 0 Å². The van der Waals surface area contributed by atoms with E-state index >= 15 is 0 Å². The lowest BCUT2D eigenvalue weighted by molar-refractivity contribution is -0.126. The zero-order chi connectivity index (χ0) is 17.1. The highest BCUT2D eigenvalue weighted by molar-refractivity contribution is 6.01. The number of hydrogen-bond donors (Lipinski definition) is 2. The number of amides is 2. The highest BCUT2D eigenvalue weighted by Crippen LogP contribution is 2.32. The molecule has 0 saturated heterocycles. The molecular weight excluding hydrogens is 307 g/mol. The van der Waals surface area contributed by atoms with Crippen molar-refractivity contribution in [2.24, 2.45) is 0 Å². The van der Waals surface area contributed by atoms with Gasteiger partial charge in [-0.15, -0.1) is 0 Å². The van der Waals surface area contributed by atoms with Crippen molar-refractivity contribution in [1.82, 2.24) is 5.32 Å². The minimum absolute atomic E-state index is 0.0736. The summed E-state index contributed by atoms with van der Waals surface area (Å²) < 4.78 is 13.3. The molecule has 2 amide bonds. The van der Waals surface area contributed by atoms with Crippen molar-refractivity contribution in [2.75, 3.05) is 11.9 Å². The van der Waals surface area contributed by atoms with Crippen molar-refractivity contribution < 1.29 is 14.0 Å². The summed E-state index contributed by atoms with van der Waals surface area (Å²) in [5.74, 6) is -1.34. The first-order valence-corrected chi connectivity index (χ1v) is 7.96. The second kappa shape index (κ2) is 6.83. The molecule has 0 aromatic heterocycles. The molecule has 1 aliphatic heterocycles. The van der Waals surface area contributed by atoms with E-state index in [1.165, 1.54) is 12.1 Å². The van der Waals surface area contributed by atoms with Gasteiger partial charge in [-0.2, -0.15) is 0 Å². The number of fused-ring (bicyclic) bond motifs is 1. The molecule has 1 heterocycles. The Hall–Kier alpha value is -2.69. The molecule has 2 aromatic carbocycles. The third-order valence-electron chi connectivity index (χ3n) is 4.32. The summed E-state index contributed by atoms with van der Waals surface area (Å²) in [6.07, 6.45) is 0.0736. The number of hydrogen-bond acceptors (Lipinski definition) is 2. The fraction of sp³-hybridized carbons (Fsp3) is 0.263. The highest BCUT2D eigenvalue weighted by Gasteiger charge is 2.30. The van der Waals surface area contributed by atoms with E-state index in [4.69, 9.17) is 0 Å². The molecule has 2 N–H and O–H groups in total. The van der Waals surface area contributed by atoms with Crippen molar-refractivity contribution in [2.45, 2.75) is 25.2 Å². The van der Waals surface area contributed by atoms with E-state index in [0.29, 0.717) is 17.8 Å². The molecule has 0 aliphatic carbocycles. The predicted octanol–water partition coefficient (Wildman–Crippen LogP) is 3.17. The van der Waals surface area contributed by atoms with Crippen molar-refractivity contribution in [3.8, 4) is 0 Å². The average molecular weight is 326 g/mol. The van der Waals surface area contributed by atoms with E-state index in [9.17, 15) is 14.0 Å². The van der Waals surface area contributed by atoms with Gasteiger partial charge in [-0.1, -0.05) is 43.3 Å². The predicted molar refractivity (Wildman–Crippen MR) is 90.3 cm³/mol. The Labute approximate surface area is 140 Å². The van der Waals surface area contributed by atoms with Crippen LogP contribution in [0.4, 0.5) is 10.1 Å². The number of halogens is 1. The average Bonchev–Trinajstić information content (AvgIpc) is 2.59. The van der Waals surface area contributed by atoms with Crippen molar-refractivity contribution >= 4 is 17.5 Å². The molecule has 1 aliphatic rings. The van der Waals surface area contributed by atoms with Gasteiger partial charge in [0.15, 0.2) is 0 Å². The maximum absolute atomic E-state index is 13.3. The van der Waals surface area contributed by atoms with Crippen molar-refractivity contribution in [3.63, 3.8) is 0 Å². The fourth-order valence-corrected chi connectivity index (χ4v) is 2.95. The Kier molecular flexibility index (Phi) is 4.60. The Morgan fingerprint density at radius 2 is 2.04 bits per heavy atom. The lowest BCUT2D eigenvalue weighted by Crippen LogP contribution is -2.36. The first-order chi connectivity index (χ1) is 11.5. The summed E-state index contributed by atoms with van der Waals surface area (Å²) >= 11 is 0.